The molecule has 0 saturated carbocycles. The number of thiazole rings is 1. The molecule has 1 N–H and O–H groups in total. The van der Waals surface area contributed by atoms with Crippen molar-refractivity contribution < 1.29 is 0 Å². The molecule has 1 rings (SSSR count). The molecule has 0 aliphatic rings. The summed E-state index contributed by atoms with van der Waals surface area (Å²) in [7, 11) is 3.75. The van der Waals surface area contributed by atoms with Crippen molar-refractivity contribution in [3.63, 3.8) is 0 Å². The second-order valence-corrected chi connectivity index (χ2v) is 3.61. The molecule has 0 unspecified atom stereocenters. The van der Waals surface area contributed by atoms with Gasteiger partial charge in [0.05, 0.1) is 0 Å². The van der Waals surface area contributed by atoms with E-state index in [0.29, 0.717) is 5.11 Å². The first-order valence-electron chi connectivity index (χ1n) is 3.52. The number of thiocarbonyl (C=S) groups is 1. The molecule has 0 amide bonds. The van der Waals surface area contributed by atoms with Crippen LogP contribution in [0.2, 0.25) is 0 Å². The van der Waals surface area contributed by atoms with Gasteiger partial charge < -0.3 is 9.88 Å². The molecule has 0 aromatic carbocycles. The summed E-state index contributed by atoms with van der Waals surface area (Å²) in [5.74, 6) is 0. The number of nitrogens with one attached hydrogen (secondary N) is 1. The third-order valence-electron chi connectivity index (χ3n) is 1.56. The molecule has 1 heterocycles. The van der Waals surface area contributed by atoms with Gasteiger partial charge in [0.25, 0.3) is 0 Å². The predicted octanol–water partition coefficient (Wildman–Crippen LogP) is 0.800. The minimum atomic E-state index is 0.521. The Balaban J connectivity index is 3.10. The van der Waals surface area contributed by atoms with Crippen LogP contribution in [0.1, 0.15) is 5.69 Å². The predicted molar refractivity (Wildman–Crippen MR) is 55.2 cm³/mol. The zero-order valence-corrected chi connectivity index (χ0v) is 8.92. The highest BCUT2D eigenvalue weighted by Gasteiger charge is 1.95. The van der Waals surface area contributed by atoms with E-state index >= 15 is 0 Å². The van der Waals surface area contributed by atoms with E-state index in [2.05, 4.69) is 15.7 Å². The first kappa shape index (κ1) is 9.41. The maximum Gasteiger partial charge on any atom is 0.195 e. The van der Waals surface area contributed by atoms with Crippen molar-refractivity contribution in [2.75, 3.05) is 7.05 Å². The maximum atomic E-state index is 4.92. The van der Waals surface area contributed by atoms with Crippen molar-refractivity contribution in [2.45, 2.75) is 6.92 Å². The maximum absolute atomic E-state index is 4.92. The molecular weight excluding hydrogens is 190 g/mol. The Kier molecular flexibility index (Phi) is 2.99. The number of rotatable bonds is 0. The van der Waals surface area contributed by atoms with Gasteiger partial charge in [-0.3, -0.25) is 0 Å². The Morgan fingerprint density at radius 1 is 1.75 bits per heavy atom. The lowest BCUT2D eigenvalue weighted by Gasteiger charge is -1.95. The summed E-state index contributed by atoms with van der Waals surface area (Å²) in [5.41, 5.74) is 1.19. The van der Waals surface area contributed by atoms with Crippen LogP contribution in [0.3, 0.4) is 0 Å². The van der Waals surface area contributed by atoms with E-state index in [0.717, 1.165) is 4.80 Å². The van der Waals surface area contributed by atoms with E-state index in [1.54, 1.807) is 18.4 Å². The van der Waals surface area contributed by atoms with E-state index in [-0.39, 0.29) is 0 Å². The Bertz CT molecular complexity index is 348. The molecule has 5 heteroatoms. The minimum absolute atomic E-state index is 0.521. The first-order chi connectivity index (χ1) is 5.65. The molecule has 0 aliphatic carbocycles. The number of hydrogen-bond donors (Lipinski definition) is 1. The molecular formula is C7H11N3S2. The van der Waals surface area contributed by atoms with Crippen molar-refractivity contribution in [3.8, 4) is 0 Å². The topological polar surface area (TPSA) is 29.3 Å². The van der Waals surface area contributed by atoms with Crippen molar-refractivity contribution >= 4 is 28.7 Å². The van der Waals surface area contributed by atoms with Crippen LogP contribution in [0.15, 0.2) is 10.4 Å². The van der Waals surface area contributed by atoms with Gasteiger partial charge in [0.1, 0.15) is 0 Å². The average molecular weight is 201 g/mol. The van der Waals surface area contributed by atoms with E-state index in [4.69, 9.17) is 12.2 Å². The summed E-state index contributed by atoms with van der Waals surface area (Å²) in [4.78, 5) is 5.12. The third kappa shape index (κ3) is 1.92. The van der Waals surface area contributed by atoms with Gasteiger partial charge in [-0.05, 0) is 19.1 Å². The van der Waals surface area contributed by atoms with Gasteiger partial charge in [-0.1, -0.05) is 0 Å². The van der Waals surface area contributed by atoms with Crippen molar-refractivity contribution in [3.05, 3.63) is 15.9 Å². The minimum Gasteiger partial charge on any atom is -0.364 e. The standard InChI is InChI=1S/C7H11N3S2/c1-5-4-12-7(10(5)3)9-6(11)8-2/h4H,1-3H3,(H,8,11). The second-order valence-electron chi connectivity index (χ2n) is 2.39. The van der Waals surface area contributed by atoms with Gasteiger partial charge in [0.15, 0.2) is 9.91 Å². The summed E-state index contributed by atoms with van der Waals surface area (Å²) in [6, 6.07) is 0. The highest BCUT2D eigenvalue weighted by molar-refractivity contribution is 7.80. The summed E-state index contributed by atoms with van der Waals surface area (Å²) in [6.07, 6.45) is 0. The number of aryl methyl sites for hydroxylation is 1. The summed E-state index contributed by atoms with van der Waals surface area (Å²) < 4.78 is 2.01. The SMILES string of the molecule is CNC(=S)N=c1scc(C)n1C. The normalized spacial score (nSPS) is 11.8. The molecule has 0 bridgehead atoms. The van der Waals surface area contributed by atoms with E-state index in [1.807, 2.05) is 18.5 Å². The zero-order chi connectivity index (χ0) is 9.14. The molecule has 0 saturated heterocycles. The van der Waals surface area contributed by atoms with Crippen LogP contribution in [0.25, 0.3) is 0 Å². The van der Waals surface area contributed by atoms with Gasteiger partial charge >= 0.3 is 0 Å². The van der Waals surface area contributed by atoms with Crippen LogP contribution in [0, 0.1) is 6.92 Å². The fourth-order valence-corrected chi connectivity index (χ4v) is 1.72. The fraction of sp³-hybridized carbons (Fsp3) is 0.429. The summed E-state index contributed by atoms with van der Waals surface area (Å²) >= 11 is 6.51. The Morgan fingerprint density at radius 3 is 2.83 bits per heavy atom. The molecule has 12 heavy (non-hydrogen) atoms. The Hall–Kier alpha value is -0.680. The lowest BCUT2D eigenvalue weighted by atomic mass is 10.6. The van der Waals surface area contributed by atoms with Crippen LogP contribution in [0.5, 0.6) is 0 Å². The highest BCUT2D eigenvalue weighted by Crippen LogP contribution is 1.96. The molecule has 0 radical (unpaired) electrons. The Morgan fingerprint density at radius 2 is 2.42 bits per heavy atom. The van der Waals surface area contributed by atoms with E-state index in [1.165, 1.54) is 5.69 Å². The molecule has 0 atom stereocenters. The van der Waals surface area contributed by atoms with Crippen LogP contribution < -0.4 is 10.1 Å². The van der Waals surface area contributed by atoms with Crippen LogP contribution in [-0.2, 0) is 7.05 Å². The molecule has 1 aromatic rings. The second kappa shape index (κ2) is 3.82. The molecule has 66 valence electrons. The highest BCUT2D eigenvalue weighted by atomic mass is 32.1. The fourth-order valence-electron chi connectivity index (χ4n) is 0.691. The van der Waals surface area contributed by atoms with Gasteiger partial charge in [0.2, 0.25) is 0 Å². The Labute approximate surface area is 80.8 Å². The largest absolute Gasteiger partial charge is 0.364 e. The lowest BCUT2D eigenvalue weighted by molar-refractivity contribution is 0.836. The molecule has 0 fully saturated rings. The molecule has 0 spiro atoms. The van der Waals surface area contributed by atoms with Crippen molar-refractivity contribution in [1.29, 1.82) is 0 Å². The lowest BCUT2D eigenvalue weighted by Crippen LogP contribution is -2.20. The van der Waals surface area contributed by atoms with Crippen LogP contribution in [0.4, 0.5) is 0 Å². The van der Waals surface area contributed by atoms with Crippen molar-refractivity contribution in [2.24, 2.45) is 12.0 Å². The summed E-state index contributed by atoms with van der Waals surface area (Å²) in [6.45, 7) is 2.04. The number of aromatic nitrogens is 1. The number of nitrogens with zero attached hydrogens (tertiary/aromatic N) is 2. The smallest absolute Gasteiger partial charge is 0.195 e. The zero-order valence-electron chi connectivity index (χ0n) is 7.29. The quantitative estimate of drug-likeness (QED) is 0.629. The number of hydrogen-bond acceptors (Lipinski definition) is 2. The van der Waals surface area contributed by atoms with Crippen LogP contribution in [-0.4, -0.2) is 16.7 Å². The van der Waals surface area contributed by atoms with Gasteiger partial charge in [-0.2, -0.15) is 4.99 Å². The third-order valence-corrected chi connectivity index (χ3v) is 2.89. The summed E-state index contributed by atoms with van der Waals surface area (Å²) in [5, 5.41) is 5.38. The van der Waals surface area contributed by atoms with E-state index < -0.39 is 0 Å². The van der Waals surface area contributed by atoms with Gasteiger partial charge in [0, 0.05) is 25.2 Å². The van der Waals surface area contributed by atoms with Gasteiger partial charge in [-0.15, -0.1) is 11.3 Å². The molecule has 1 aromatic heterocycles. The van der Waals surface area contributed by atoms with E-state index in [9.17, 15) is 0 Å². The monoisotopic (exact) mass is 201 g/mol. The molecule has 0 aliphatic heterocycles. The molecule has 3 nitrogen and oxygen atoms in total. The van der Waals surface area contributed by atoms with Crippen molar-refractivity contribution in [1.82, 2.24) is 9.88 Å². The average Bonchev–Trinajstić information content (AvgIpc) is 2.36. The van der Waals surface area contributed by atoms with Crippen LogP contribution >= 0.6 is 23.6 Å². The first-order valence-corrected chi connectivity index (χ1v) is 4.81. The van der Waals surface area contributed by atoms with Gasteiger partial charge in [-0.25, -0.2) is 0 Å².